The van der Waals surface area contributed by atoms with Gasteiger partial charge in [0.15, 0.2) is 0 Å². The van der Waals surface area contributed by atoms with Crippen molar-refractivity contribution in [1.82, 2.24) is 10.2 Å². The lowest BCUT2D eigenvalue weighted by atomic mass is 9.85. The van der Waals surface area contributed by atoms with Gasteiger partial charge in [-0.2, -0.15) is 0 Å². The van der Waals surface area contributed by atoms with Crippen molar-refractivity contribution < 1.29 is 14.0 Å². The van der Waals surface area contributed by atoms with Crippen LogP contribution >= 0.6 is 0 Å². The number of nitrogens with one attached hydrogen (secondary N) is 1. The van der Waals surface area contributed by atoms with Gasteiger partial charge in [0, 0.05) is 0 Å². The van der Waals surface area contributed by atoms with E-state index in [1.54, 1.807) is 12.1 Å². The van der Waals surface area contributed by atoms with Crippen molar-refractivity contribution in [3.05, 3.63) is 71.5 Å². The molecule has 4 nitrogen and oxygen atoms in total. The Morgan fingerprint density at radius 2 is 1.72 bits per heavy atom. The van der Waals surface area contributed by atoms with Gasteiger partial charge in [-0.1, -0.05) is 62.2 Å². The third-order valence-electron chi connectivity index (χ3n) is 4.60. The lowest BCUT2D eigenvalue weighted by Gasteiger charge is -2.27. The Kier molecular flexibility index (Phi) is 4.83. The van der Waals surface area contributed by atoms with Gasteiger partial charge in [0.1, 0.15) is 11.4 Å². The molecule has 0 saturated carbocycles. The maximum atomic E-state index is 13.2. The summed E-state index contributed by atoms with van der Waals surface area (Å²) in [4.78, 5) is 26.9. The molecule has 5 heteroatoms. The second-order valence-electron chi connectivity index (χ2n) is 6.32. The van der Waals surface area contributed by atoms with Crippen LogP contribution in [0.25, 0.3) is 0 Å². The molecule has 1 atom stereocenters. The number of rotatable bonds is 6. The normalized spacial score (nSPS) is 20.0. The van der Waals surface area contributed by atoms with E-state index in [4.69, 9.17) is 0 Å². The van der Waals surface area contributed by atoms with Crippen LogP contribution in [0.5, 0.6) is 0 Å². The minimum atomic E-state index is -1.02. The molecule has 2 aromatic carbocycles. The molecular formula is C20H21FN2O2. The number of hydrogen-bond acceptors (Lipinski definition) is 2. The number of halogens is 1. The number of benzene rings is 2. The molecule has 1 heterocycles. The molecule has 0 aliphatic carbocycles. The maximum Gasteiger partial charge on any atom is 0.325 e. The number of hydrogen-bond donors (Lipinski definition) is 1. The highest BCUT2D eigenvalue weighted by Gasteiger charge is 2.51. The van der Waals surface area contributed by atoms with Gasteiger partial charge in [0.05, 0.1) is 6.54 Å². The Labute approximate surface area is 146 Å². The van der Waals surface area contributed by atoms with E-state index in [9.17, 15) is 14.0 Å². The molecule has 0 radical (unpaired) electrons. The van der Waals surface area contributed by atoms with Crippen LogP contribution < -0.4 is 5.32 Å². The summed E-state index contributed by atoms with van der Waals surface area (Å²) >= 11 is 0. The second-order valence-corrected chi connectivity index (χ2v) is 6.32. The molecule has 3 amide bonds. The van der Waals surface area contributed by atoms with Crippen LogP contribution in [-0.4, -0.2) is 16.8 Å². The van der Waals surface area contributed by atoms with Gasteiger partial charge in [0.25, 0.3) is 5.91 Å². The van der Waals surface area contributed by atoms with Gasteiger partial charge in [-0.25, -0.2) is 9.18 Å². The van der Waals surface area contributed by atoms with Crippen LogP contribution in [0.2, 0.25) is 0 Å². The van der Waals surface area contributed by atoms with Gasteiger partial charge in [-0.3, -0.25) is 9.69 Å². The highest BCUT2D eigenvalue weighted by Crippen LogP contribution is 2.34. The summed E-state index contributed by atoms with van der Waals surface area (Å²) in [5.74, 6) is -0.594. The molecule has 1 unspecified atom stereocenters. The van der Waals surface area contributed by atoms with Crippen molar-refractivity contribution in [3.63, 3.8) is 0 Å². The van der Waals surface area contributed by atoms with Gasteiger partial charge >= 0.3 is 6.03 Å². The number of imide groups is 1. The van der Waals surface area contributed by atoms with Crippen LogP contribution in [0, 0.1) is 5.82 Å². The van der Waals surface area contributed by atoms with E-state index in [2.05, 4.69) is 12.2 Å². The smallest absolute Gasteiger partial charge is 0.319 e. The molecule has 1 fully saturated rings. The summed E-state index contributed by atoms with van der Waals surface area (Å²) in [6.07, 6.45) is 2.30. The summed E-state index contributed by atoms with van der Waals surface area (Å²) in [5, 5.41) is 2.91. The van der Waals surface area contributed by atoms with E-state index in [0.717, 1.165) is 18.4 Å². The number of amides is 3. The van der Waals surface area contributed by atoms with Crippen LogP contribution in [0.3, 0.4) is 0 Å². The monoisotopic (exact) mass is 340 g/mol. The first-order valence-electron chi connectivity index (χ1n) is 8.51. The molecule has 1 aliphatic heterocycles. The average molecular weight is 340 g/mol. The SMILES string of the molecule is CCCCC1(c2ccccc2)NC(=O)N(Cc2ccc(F)cc2)C1=O. The Balaban J connectivity index is 1.91. The van der Waals surface area contributed by atoms with E-state index in [1.165, 1.54) is 17.0 Å². The molecule has 1 aliphatic rings. The van der Waals surface area contributed by atoms with Crippen molar-refractivity contribution in [2.24, 2.45) is 0 Å². The van der Waals surface area contributed by atoms with Crippen molar-refractivity contribution in [3.8, 4) is 0 Å². The van der Waals surface area contributed by atoms with E-state index >= 15 is 0 Å². The van der Waals surface area contributed by atoms with Crippen molar-refractivity contribution in [2.75, 3.05) is 0 Å². The Bertz CT molecular complexity index is 761. The topological polar surface area (TPSA) is 49.4 Å². The first-order valence-corrected chi connectivity index (χ1v) is 8.51. The fourth-order valence-corrected chi connectivity index (χ4v) is 3.22. The summed E-state index contributed by atoms with van der Waals surface area (Å²) in [7, 11) is 0. The van der Waals surface area contributed by atoms with E-state index < -0.39 is 11.6 Å². The summed E-state index contributed by atoms with van der Waals surface area (Å²) < 4.78 is 13.1. The molecule has 1 saturated heterocycles. The number of nitrogens with zero attached hydrogens (tertiary/aromatic N) is 1. The summed E-state index contributed by atoms with van der Waals surface area (Å²) in [6.45, 7) is 2.18. The second kappa shape index (κ2) is 7.05. The van der Waals surface area contributed by atoms with Crippen molar-refractivity contribution >= 4 is 11.9 Å². The number of carbonyl (C=O) groups is 2. The Morgan fingerprint density at radius 1 is 1.04 bits per heavy atom. The standard InChI is InChI=1S/C20H21FN2O2/c1-2-3-13-20(16-7-5-4-6-8-16)18(24)23(19(25)22-20)14-15-9-11-17(21)12-10-15/h4-12H,2-3,13-14H2,1H3,(H,22,25). The lowest BCUT2D eigenvalue weighted by molar-refractivity contribution is -0.132. The van der Waals surface area contributed by atoms with E-state index in [1.807, 2.05) is 30.3 Å². The third-order valence-corrected chi connectivity index (χ3v) is 4.60. The highest BCUT2D eigenvalue weighted by atomic mass is 19.1. The zero-order chi connectivity index (χ0) is 17.9. The number of urea groups is 1. The molecule has 0 bridgehead atoms. The molecule has 1 N–H and O–H groups in total. The van der Waals surface area contributed by atoms with Gasteiger partial charge in [-0.05, 0) is 29.7 Å². The summed E-state index contributed by atoms with van der Waals surface area (Å²) in [5.41, 5.74) is 0.488. The van der Waals surface area contributed by atoms with Gasteiger partial charge in [-0.15, -0.1) is 0 Å². The molecule has 130 valence electrons. The van der Waals surface area contributed by atoms with Crippen LogP contribution in [0.15, 0.2) is 54.6 Å². The zero-order valence-electron chi connectivity index (χ0n) is 14.2. The third kappa shape index (κ3) is 3.27. The van der Waals surface area contributed by atoms with Crippen molar-refractivity contribution in [1.29, 1.82) is 0 Å². The molecule has 25 heavy (non-hydrogen) atoms. The molecule has 3 rings (SSSR count). The molecule has 0 aromatic heterocycles. The minimum Gasteiger partial charge on any atom is -0.319 e. The fraction of sp³-hybridized carbons (Fsp3) is 0.300. The summed E-state index contributed by atoms with van der Waals surface area (Å²) in [6, 6.07) is 14.8. The first-order chi connectivity index (χ1) is 12.1. The Morgan fingerprint density at radius 3 is 2.36 bits per heavy atom. The van der Waals surface area contributed by atoms with E-state index in [0.29, 0.717) is 12.0 Å². The lowest BCUT2D eigenvalue weighted by Crippen LogP contribution is -2.44. The average Bonchev–Trinajstić information content (AvgIpc) is 2.87. The number of unbranched alkanes of at least 4 members (excludes halogenated alkanes) is 1. The molecule has 0 spiro atoms. The quantitative estimate of drug-likeness (QED) is 0.809. The molecular weight excluding hydrogens is 319 g/mol. The van der Waals surface area contributed by atoms with Gasteiger partial charge in [0.2, 0.25) is 0 Å². The highest BCUT2D eigenvalue weighted by molar-refractivity contribution is 6.07. The van der Waals surface area contributed by atoms with Crippen LogP contribution in [0.4, 0.5) is 9.18 Å². The predicted molar refractivity (Wildman–Crippen MR) is 93.1 cm³/mol. The van der Waals surface area contributed by atoms with Crippen LogP contribution in [-0.2, 0) is 16.9 Å². The van der Waals surface area contributed by atoms with E-state index in [-0.39, 0.29) is 18.3 Å². The minimum absolute atomic E-state index is 0.131. The van der Waals surface area contributed by atoms with Crippen LogP contribution in [0.1, 0.15) is 37.3 Å². The largest absolute Gasteiger partial charge is 0.325 e. The maximum absolute atomic E-state index is 13.2. The van der Waals surface area contributed by atoms with Crippen molar-refractivity contribution in [2.45, 2.75) is 38.3 Å². The molecule has 2 aromatic rings. The fourth-order valence-electron chi connectivity index (χ4n) is 3.22. The first kappa shape index (κ1) is 17.1. The number of carbonyl (C=O) groups excluding carboxylic acids is 2. The predicted octanol–water partition coefficient (Wildman–Crippen LogP) is 3.96. The van der Waals surface area contributed by atoms with Gasteiger partial charge < -0.3 is 5.32 Å². The zero-order valence-corrected chi connectivity index (χ0v) is 14.2. The Hall–Kier alpha value is -2.69.